The summed E-state index contributed by atoms with van der Waals surface area (Å²) in [5.41, 5.74) is 1.34. The number of carboxylic acids is 1. The molecule has 2 N–H and O–H groups in total. The molecule has 0 radical (unpaired) electrons. The molecule has 0 atom stereocenters. The number of nitrogens with zero attached hydrogens (tertiary/aromatic N) is 1. The van der Waals surface area contributed by atoms with E-state index in [2.05, 4.69) is 10.3 Å². The Hall–Kier alpha value is -2.40. The van der Waals surface area contributed by atoms with Crippen LogP contribution in [-0.2, 0) is 6.54 Å². The Bertz CT molecular complexity index is 558. The van der Waals surface area contributed by atoms with Gasteiger partial charge in [0.15, 0.2) is 0 Å². The van der Waals surface area contributed by atoms with E-state index in [1.54, 1.807) is 18.3 Å². The third kappa shape index (κ3) is 4.37. The van der Waals surface area contributed by atoms with E-state index in [4.69, 9.17) is 9.84 Å². The zero-order valence-electron chi connectivity index (χ0n) is 11.0. The molecule has 0 bridgehead atoms. The summed E-state index contributed by atoms with van der Waals surface area (Å²) >= 11 is 0. The first kappa shape index (κ1) is 14.0. The minimum Gasteiger partial charge on any atom is -0.492 e. The molecule has 0 saturated carbocycles. The number of pyridine rings is 1. The lowest BCUT2D eigenvalue weighted by Gasteiger charge is -2.08. The zero-order valence-corrected chi connectivity index (χ0v) is 11.0. The van der Waals surface area contributed by atoms with Crippen LogP contribution in [0.5, 0.6) is 5.75 Å². The summed E-state index contributed by atoms with van der Waals surface area (Å²) in [7, 11) is 0. The fraction of sp³-hybridized carbons (Fsp3) is 0.200. The Morgan fingerprint density at radius 2 is 2.20 bits per heavy atom. The van der Waals surface area contributed by atoms with E-state index < -0.39 is 5.97 Å². The number of nitrogens with one attached hydrogen (secondary N) is 1. The molecule has 0 unspecified atom stereocenters. The van der Waals surface area contributed by atoms with Crippen LogP contribution in [0, 0.1) is 0 Å². The number of carbonyl (C=O) groups is 1. The highest BCUT2D eigenvalue weighted by Gasteiger charge is 2.03. The number of hydrogen-bond donors (Lipinski definition) is 2. The van der Waals surface area contributed by atoms with Crippen molar-refractivity contribution < 1.29 is 14.6 Å². The van der Waals surface area contributed by atoms with Gasteiger partial charge in [0, 0.05) is 25.5 Å². The highest BCUT2D eigenvalue weighted by molar-refractivity contribution is 5.87. The van der Waals surface area contributed by atoms with Crippen molar-refractivity contribution in [2.45, 2.75) is 6.54 Å². The molecule has 2 rings (SSSR count). The molecule has 0 aliphatic carbocycles. The Labute approximate surface area is 117 Å². The maximum Gasteiger partial charge on any atom is 0.335 e. The maximum atomic E-state index is 10.8. The van der Waals surface area contributed by atoms with Gasteiger partial charge in [0.05, 0.1) is 5.56 Å². The molecule has 20 heavy (non-hydrogen) atoms. The van der Waals surface area contributed by atoms with Crippen molar-refractivity contribution in [2.24, 2.45) is 0 Å². The Morgan fingerprint density at radius 1 is 1.30 bits per heavy atom. The quantitative estimate of drug-likeness (QED) is 0.754. The molecular weight excluding hydrogens is 256 g/mol. The number of rotatable bonds is 7. The number of benzene rings is 1. The highest BCUT2D eigenvalue weighted by Crippen LogP contribution is 2.12. The molecule has 5 nitrogen and oxygen atoms in total. The predicted molar refractivity (Wildman–Crippen MR) is 74.8 cm³/mol. The van der Waals surface area contributed by atoms with Gasteiger partial charge in [-0.1, -0.05) is 12.1 Å². The number of ether oxygens (including phenoxy) is 1. The second-order valence-corrected chi connectivity index (χ2v) is 4.22. The van der Waals surface area contributed by atoms with Crippen molar-refractivity contribution in [3.63, 3.8) is 0 Å². The normalized spacial score (nSPS) is 10.2. The number of hydrogen-bond acceptors (Lipinski definition) is 4. The predicted octanol–water partition coefficient (Wildman–Crippen LogP) is 1.95. The van der Waals surface area contributed by atoms with Crippen LogP contribution in [0.25, 0.3) is 0 Å². The van der Waals surface area contributed by atoms with Gasteiger partial charge in [-0.2, -0.15) is 0 Å². The topological polar surface area (TPSA) is 71.5 Å². The standard InChI is InChI=1S/C15H16N2O3/c18-15(19)13-4-1-5-14(9-13)20-8-7-17-11-12-3-2-6-16-10-12/h1-6,9-10,17H,7-8,11H2,(H,18,19). The molecule has 104 valence electrons. The van der Waals surface area contributed by atoms with Gasteiger partial charge in [0.2, 0.25) is 0 Å². The fourth-order valence-corrected chi connectivity index (χ4v) is 1.70. The maximum absolute atomic E-state index is 10.8. The van der Waals surface area contributed by atoms with Gasteiger partial charge in [-0.05, 0) is 29.8 Å². The van der Waals surface area contributed by atoms with Gasteiger partial charge in [0.25, 0.3) is 0 Å². The van der Waals surface area contributed by atoms with Crippen molar-refractivity contribution >= 4 is 5.97 Å². The molecule has 0 aliphatic rings. The summed E-state index contributed by atoms with van der Waals surface area (Å²) < 4.78 is 5.49. The van der Waals surface area contributed by atoms with Gasteiger partial charge in [-0.3, -0.25) is 4.98 Å². The molecule has 1 aromatic carbocycles. The van der Waals surface area contributed by atoms with Crippen LogP contribution >= 0.6 is 0 Å². The van der Waals surface area contributed by atoms with E-state index in [-0.39, 0.29) is 5.56 Å². The summed E-state index contributed by atoms with van der Waals surface area (Å²) in [5, 5.41) is 12.1. The van der Waals surface area contributed by atoms with E-state index in [1.165, 1.54) is 12.1 Å². The summed E-state index contributed by atoms with van der Waals surface area (Å²) in [4.78, 5) is 14.8. The molecule has 0 aliphatic heterocycles. The number of aromatic carboxylic acids is 1. The summed E-state index contributed by atoms with van der Waals surface area (Å²) in [5.74, 6) is -0.391. The van der Waals surface area contributed by atoms with Crippen LogP contribution in [0.1, 0.15) is 15.9 Å². The smallest absolute Gasteiger partial charge is 0.335 e. The van der Waals surface area contributed by atoms with Crippen LogP contribution < -0.4 is 10.1 Å². The van der Waals surface area contributed by atoms with Crippen LogP contribution in [0.2, 0.25) is 0 Å². The van der Waals surface area contributed by atoms with Crippen molar-refractivity contribution in [3.8, 4) is 5.75 Å². The van der Waals surface area contributed by atoms with Crippen LogP contribution in [0.4, 0.5) is 0 Å². The molecule has 1 heterocycles. The number of carboxylic acid groups (broad SMARTS) is 1. The minimum atomic E-state index is -0.954. The zero-order chi connectivity index (χ0) is 14.2. The Kier molecular flexibility index (Phi) is 5.08. The van der Waals surface area contributed by atoms with Gasteiger partial charge in [-0.25, -0.2) is 4.79 Å². The van der Waals surface area contributed by atoms with Gasteiger partial charge in [0.1, 0.15) is 12.4 Å². The molecule has 1 aromatic heterocycles. The average molecular weight is 272 g/mol. The van der Waals surface area contributed by atoms with Crippen molar-refractivity contribution in [3.05, 3.63) is 59.9 Å². The number of aromatic nitrogens is 1. The van der Waals surface area contributed by atoms with Crippen molar-refractivity contribution in [1.29, 1.82) is 0 Å². The van der Waals surface area contributed by atoms with Crippen molar-refractivity contribution in [1.82, 2.24) is 10.3 Å². The first-order chi connectivity index (χ1) is 9.75. The largest absolute Gasteiger partial charge is 0.492 e. The Morgan fingerprint density at radius 3 is 2.95 bits per heavy atom. The van der Waals surface area contributed by atoms with Gasteiger partial charge < -0.3 is 15.2 Å². The second-order valence-electron chi connectivity index (χ2n) is 4.22. The molecule has 0 saturated heterocycles. The van der Waals surface area contributed by atoms with Crippen molar-refractivity contribution in [2.75, 3.05) is 13.2 Å². The lowest BCUT2D eigenvalue weighted by atomic mass is 10.2. The third-order valence-corrected chi connectivity index (χ3v) is 2.68. The lowest BCUT2D eigenvalue weighted by molar-refractivity contribution is 0.0696. The summed E-state index contributed by atoms with van der Waals surface area (Å²) in [6.07, 6.45) is 3.55. The molecule has 0 spiro atoms. The fourth-order valence-electron chi connectivity index (χ4n) is 1.70. The first-order valence-electron chi connectivity index (χ1n) is 6.31. The second kappa shape index (κ2) is 7.25. The Balaban J connectivity index is 1.71. The lowest BCUT2D eigenvalue weighted by Crippen LogP contribution is -2.20. The van der Waals surface area contributed by atoms with E-state index in [9.17, 15) is 4.79 Å². The van der Waals surface area contributed by atoms with Crippen LogP contribution in [0.3, 0.4) is 0 Å². The molecule has 2 aromatic rings. The monoisotopic (exact) mass is 272 g/mol. The molecular formula is C15H16N2O3. The van der Waals surface area contributed by atoms with Gasteiger partial charge >= 0.3 is 5.97 Å². The summed E-state index contributed by atoms with van der Waals surface area (Å²) in [6, 6.07) is 10.4. The SMILES string of the molecule is O=C(O)c1cccc(OCCNCc2cccnc2)c1. The van der Waals surface area contributed by atoms with E-state index in [1.807, 2.05) is 18.3 Å². The van der Waals surface area contributed by atoms with Gasteiger partial charge in [-0.15, -0.1) is 0 Å². The van der Waals surface area contributed by atoms with Crippen LogP contribution in [0.15, 0.2) is 48.8 Å². The first-order valence-corrected chi connectivity index (χ1v) is 6.31. The minimum absolute atomic E-state index is 0.228. The van der Waals surface area contributed by atoms with E-state index in [0.717, 1.165) is 12.1 Å². The van der Waals surface area contributed by atoms with E-state index in [0.29, 0.717) is 18.9 Å². The molecule has 0 amide bonds. The average Bonchev–Trinajstić information content (AvgIpc) is 2.48. The highest BCUT2D eigenvalue weighted by atomic mass is 16.5. The summed E-state index contributed by atoms with van der Waals surface area (Å²) in [6.45, 7) is 1.88. The third-order valence-electron chi connectivity index (χ3n) is 2.68. The van der Waals surface area contributed by atoms with E-state index >= 15 is 0 Å². The van der Waals surface area contributed by atoms with Crippen LogP contribution in [-0.4, -0.2) is 29.2 Å². The molecule has 0 fully saturated rings. The molecule has 5 heteroatoms.